The third kappa shape index (κ3) is 2.95. The van der Waals surface area contributed by atoms with Gasteiger partial charge in [-0.3, -0.25) is 4.79 Å². The van der Waals surface area contributed by atoms with Gasteiger partial charge in [-0.1, -0.05) is 45.0 Å². The Morgan fingerprint density at radius 1 is 1.25 bits per heavy atom. The van der Waals surface area contributed by atoms with Crippen molar-refractivity contribution >= 4 is 14.3 Å². The van der Waals surface area contributed by atoms with E-state index in [1.807, 2.05) is 12.1 Å². The molecule has 2 unspecified atom stereocenters. The highest BCUT2D eigenvalue weighted by atomic mass is 28.4. The number of ether oxygens (including phenoxy) is 1. The maximum absolute atomic E-state index is 12.8. The molecule has 0 saturated heterocycles. The molecule has 0 aromatic heterocycles. The molecule has 1 heterocycles. The van der Waals surface area contributed by atoms with Crippen LogP contribution in [-0.4, -0.2) is 20.4 Å². The van der Waals surface area contributed by atoms with Crippen LogP contribution in [0.2, 0.25) is 18.1 Å². The van der Waals surface area contributed by atoms with Crippen LogP contribution in [0.25, 0.3) is 0 Å². The van der Waals surface area contributed by atoms with Gasteiger partial charge in [-0.15, -0.1) is 0 Å². The zero-order valence-corrected chi connectivity index (χ0v) is 16.6. The van der Waals surface area contributed by atoms with Gasteiger partial charge in [-0.2, -0.15) is 0 Å². The Hall–Kier alpha value is -1.13. The Bertz CT molecular complexity index is 632. The lowest BCUT2D eigenvalue weighted by Gasteiger charge is -2.46. The first-order chi connectivity index (χ1) is 11.2. The predicted octanol–water partition coefficient (Wildman–Crippen LogP) is 4.95. The zero-order valence-electron chi connectivity index (χ0n) is 15.6. The highest BCUT2D eigenvalue weighted by Gasteiger charge is 2.50. The first kappa shape index (κ1) is 17.7. The highest BCUT2D eigenvalue weighted by molar-refractivity contribution is 6.74. The molecular formula is C20H30O3Si. The summed E-state index contributed by atoms with van der Waals surface area (Å²) in [7, 11) is -1.84. The Balaban J connectivity index is 1.89. The van der Waals surface area contributed by atoms with Crippen molar-refractivity contribution in [2.24, 2.45) is 0 Å². The van der Waals surface area contributed by atoms with Crippen LogP contribution < -0.4 is 0 Å². The van der Waals surface area contributed by atoms with E-state index in [1.54, 1.807) is 0 Å². The molecule has 3 rings (SSSR count). The number of esters is 1. The Kier molecular flexibility index (Phi) is 4.41. The minimum Gasteiger partial charge on any atom is -0.460 e. The Labute approximate surface area is 146 Å². The third-order valence-corrected chi connectivity index (χ3v) is 10.8. The molecule has 1 aromatic rings. The van der Waals surface area contributed by atoms with Crippen LogP contribution in [0.15, 0.2) is 24.3 Å². The number of hydrogen-bond acceptors (Lipinski definition) is 3. The maximum atomic E-state index is 12.8. The van der Waals surface area contributed by atoms with Gasteiger partial charge in [0.2, 0.25) is 0 Å². The summed E-state index contributed by atoms with van der Waals surface area (Å²) in [4.78, 5) is 12.8. The van der Waals surface area contributed by atoms with Crippen molar-refractivity contribution in [1.82, 2.24) is 0 Å². The second-order valence-electron chi connectivity index (χ2n) is 8.91. The number of carbonyl (C=O) groups excluding carboxylic acids is 1. The van der Waals surface area contributed by atoms with Crippen LogP contribution in [0, 0.1) is 0 Å². The molecule has 0 amide bonds. The van der Waals surface area contributed by atoms with Crippen LogP contribution in [0.3, 0.4) is 0 Å². The number of carbonyl (C=O) groups is 1. The van der Waals surface area contributed by atoms with E-state index < -0.39 is 13.7 Å². The highest BCUT2D eigenvalue weighted by Crippen LogP contribution is 2.47. The molecule has 2 atom stereocenters. The van der Waals surface area contributed by atoms with Crippen molar-refractivity contribution in [1.29, 1.82) is 0 Å². The minimum atomic E-state index is -1.84. The standard InChI is InChI=1S/C20H30O3Si/c1-19(2,3)24(4,5)23-16-10-8-12-20(13-16)17-11-7-6-9-15(17)14-22-18(20)21/h6-7,9,11,16H,8,10,12-14H2,1-5H3. The Morgan fingerprint density at radius 2 is 1.96 bits per heavy atom. The van der Waals surface area contributed by atoms with E-state index in [2.05, 4.69) is 46.0 Å². The summed E-state index contributed by atoms with van der Waals surface area (Å²) in [6.07, 6.45) is 3.85. The lowest BCUT2D eigenvalue weighted by Crippen LogP contribution is -2.50. The maximum Gasteiger partial charge on any atom is 0.317 e. The van der Waals surface area contributed by atoms with Gasteiger partial charge >= 0.3 is 5.97 Å². The fourth-order valence-electron chi connectivity index (χ4n) is 3.85. The first-order valence-electron chi connectivity index (χ1n) is 9.09. The molecule has 1 spiro atoms. The largest absolute Gasteiger partial charge is 0.460 e. The van der Waals surface area contributed by atoms with E-state index >= 15 is 0 Å². The molecule has 0 radical (unpaired) electrons. The number of benzene rings is 1. The summed E-state index contributed by atoms with van der Waals surface area (Å²) >= 11 is 0. The van der Waals surface area contributed by atoms with Crippen molar-refractivity contribution in [2.45, 2.75) is 82.7 Å². The second kappa shape index (κ2) is 5.99. The van der Waals surface area contributed by atoms with Crippen molar-refractivity contribution in [2.75, 3.05) is 0 Å². The summed E-state index contributed by atoms with van der Waals surface area (Å²) in [6.45, 7) is 11.8. The number of rotatable bonds is 2. The molecule has 1 saturated carbocycles. The van der Waals surface area contributed by atoms with Gasteiger partial charge in [0.05, 0.1) is 5.41 Å². The van der Waals surface area contributed by atoms with Gasteiger partial charge in [-0.05, 0) is 54.9 Å². The fourth-order valence-corrected chi connectivity index (χ4v) is 5.24. The molecule has 4 heteroatoms. The predicted molar refractivity (Wildman–Crippen MR) is 98.5 cm³/mol. The quantitative estimate of drug-likeness (QED) is 0.562. The smallest absolute Gasteiger partial charge is 0.317 e. The lowest BCUT2D eigenvalue weighted by atomic mass is 9.66. The third-order valence-electron chi connectivity index (χ3n) is 6.26. The average Bonchev–Trinajstić information content (AvgIpc) is 2.50. The second-order valence-corrected chi connectivity index (χ2v) is 13.7. The van der Waals surface area contributed by atoms with Crippen LogP contribution in [-0.2, 0) is 26.0 Å². The minimum absolute atomic E-state index is 0.0512. The lowest BCUT2D eigenvalue weighted by molar-refractivity contribution is -0.157. The molecular weight excluding hydrogens is 316 g/mol. The van der Waals surface area contributed by atoms with Crippen molar-refractivity contribution in [3.63, 3.8) is 0 Å². The number of cyclic esters (lactones) is 1. The van der Waals surface area contributed by atoms with E-state index in [1.165, 1.54) is 5.56 Å². The van der Waals surface area contributed by atoms with Gasteiger partial charge in [0.15, 0.2) is 8.32 Å². The van der Waals surface area contributed by atoms with Gasteiger partial charge < -0.3 is 9.16 Å². The summed E-state index contributed by atoms with van der Waals surface area (Å²) in [5, 5.41) is 0.183. The van der Waals surface area contributed by atoms with Gasteiger partial charge in [0, 0.05) is 6.10 Å². The summed E-state index contributed by atoms with van der Waals surface area (Å²) in [6, 6.07) is 8.27. The molecule has 1 aliphatic carbocycles. The molecule has 2 aliphatic rings. The summed E-state index contributed by atoms with van der Waals surface area (Å²) in [5.41, 5.74) is 1.83. The van der Waals surface area contributed by atoms with E-state index in [0.29, 0.717) is 6.61 Å². The van der Waals surface area contributed by atoms with E-state index in [0.717, 1.165) is 31.2 Å². The molecule has 1 fully saturated rings. The van der Waals surface area contributed by atoms with Crippen molar-refractivity contribution in [3.05, 3.63) is 35.4 Å². The molecule has 132 valence electrons. The molecule has 0 bridgehead atoms. The van der Waals surface area contributed by atoms with Gasteiger partial charge in [-0.25, -0.2) is 0 Å². The van der Waals surface area contributed by atoms with Crippen molar-refractivity contribution in [3.8, 4) is 0 Å². The fraction of sp³-hybridized carbons (Fsp3) is 0.650. The van der Waals surface area contributed by atoms with Crippen LogP contribution in [0.4, 0.5) is 0 Å². The summed E-state index contributed by atoms with van der Waals surface area (Å²) in [5.74, 6) is -0.0512. The number of hydrogen-bond donors (Lipinski definition) is 0. The number of fused-ring (bicyclic) bond motifs is 2. The first-order valence-corrected chi connectivity index (χ1v) is 12.0. The average molecular weight is 347 g/mol. The monoisotopic (exact) mass is 346 g/mol. The van der Waals surface area contributed by atoms with Crippen LogP contribution in [0.1, 0.15) is 57.6 Å². The molecule has 1 aromatic carbocycles. The molecule has 1 aliphatic heterocycles. The van der Waals surface area contributed by atoms with E-state index in [-0.39, 0.29) is 17.1 Å². The van der Waals surface area contributed by atoms with Crippen molar-refractivity contribution < 1.29 is 14.0 Å². The molecule has 3 nitrogen and oxygen atoms in total. The zero-order chi connectivity index (χ0) is 17.6. The van der Waals surface area contributed by atoms with E-state index in [4.69, 9.17) is 9.16 Å². The molecule has 24 heavy (non-hydrogen) atoms. The van der Waals surface area contributed by atoms with Gasteiger partial charge in [0.25, 0.3) is 0 Å². The van der Waals surface area contributed by atoms with Crippen LogP contribution in [0.5, 0.6) is 0 Å². The SMILES string of the molecule is CC(C)(C)[Si](C)(C)OC1CCCC2(C1)C(=O)OCc1ccccc12. The Morgan fingerprint density at radius 3 is 2.67 bits per heavy atom. The van der Waals surface area contributed by atoms with E-state index in [9.17, 15) is 4.79 Å². The topological polar surface area (TPSA) is 35.5 Å². The molecule has 0 N–H and O–H groups in total. The normalized spacial score (nSPS) is 27.7. The summed E-state index contributed by atoms with van der Waals surface area (Å²) < 4.78 is 12.2. The van der Waals surface area contributed by atoms with Gasteiger partial charge in [0.1, 0.15) is 6.61 Å². The van der Waals surface area contributed by atoms with Crippen LogP contribution >= 0.6 is 0 Å².